The zero-order valence-electron chi connectivity index (χ0n) is 10.0. The van der Waals surface area contributed by atoms with E-state index in [0.29, 0.717) is 12.5 Å². The highest BCUT2D eigenvalue weighted by Gasteiger charge is 1.98. The predicted octanol–water partition coefficient (Wildman–Crippen LogP) is 3.96. The Bertz CT molecular complexity index is 396. The molecule has 0 amide bonds. The molecule has 0 aliphatic carbocycles. The van der Waals surface area contributed by atoms with E-state index in [1.807, 2.05) is 57.2 Å². The topological polar surface area (TPSA) is 37.9 Å². The van der Waals surface area contributed by atoms with Crippen LogP contribution in [0.1, 0.15) is 32.5 Å². The third kappa shape index (κ3) is 5.20. The minimum Gasteiger partial charge on any atom is -0.472 e. The smallest absolute Gasteiger partial charge is 0.233 e. The van der Waals surface area contributed by atoms with E-state index in [0.717, 1.165) is 11.3 Å². The molecule has 1 N–H and O–H groups in total. The summed E-state index contributed by atoms with van der Waals surface area (Å²) in [6, 6.07) is 11.9. The molecule has 0 aliphatic heterocycles. The first-order chi connectivity index (χ1) is 7.84. The lowest BCUT2D eigenvalue weighted by Crippen LogP contribution is -1.94. The molecular formula is C14H22N2O. The van der Waals surface area contributed by atoms with E-state index in [1.54, 1.807) is 0 Å². The summed E-state index contributed by atoms with van der Waals surface area (Å²) in [5.41, 5.74) is 2.15. The number of aryl methyl sites for hydroxylation is 1. The third-order valence-electron chi connectivity index (χ3n) is 1.91. The van der Waals surface area contributed by atoms with Gasteiger partial charge in [0.05, 0.1) is 0 Å². The molecule has 17 heavy (non-hydrogen) atoms. The highest BCUT2D eigenvalue weighted by atomic mass is 16.5. The normalized spacial score (nSPS) is 8.65. The SMILES string of the molecule is C.CC.Cc1cc(OCc2ccccc2)n[nH]1. The Kier molecular flexibility index (Phi) is 7.52. The minimum atomic E-state index is 0. The zero-order chi connectivity index (χ0) is 11.8. The Morgan fingerprint density at radius 2 is 1.82 bits per heavy atom. The van der Waals surface area contributed by atoms with Crippen LogP contribution in [0.15, 0.2) is 36.4 Å². The van der Waals surface area contributed by atoms with Gasteiger partial charge in [0, 0.05) is 11.8 Å². The number of ether oxygens (including phenoxy) is 1. The molecule has 94 valence electrons. The van der Waals surface area contributed by atoms with Crippen molar-refractivity contribution in [3.8, 4) is 5.88 Å². The maximum atomic E-state index is 5.47. The van der Waals surface area contributed by atoms with Gasteiger partial charge in [-0.25, -0.2) is 0 Å². The van der Waals surface area contributed by atoms with Gasteiger partial charge in [0.15, 0.2) is 0 Å². The van der Waals surface area contributed by atoms with Crippen LogP contribution < -0.4 is 4.74 Å². The van der Waals surface area contributed by atoms with Crippen LogP contribution >= 0.6 is 0 Å². The van der Waals surface area contributed by atoms with Crippen LogP contribution in [-0.4, -0.2) is 10.2 Å². The van der Waals surface area contributed by atoms with E-state index in [1.165, 1.54) is 0 Å². The number of hydrogen-bond donors (Lipinski definition) is 1. The molecule has 0 radical (unpaired) electrons. The molecule has 0 atom stereocenters. The Balaban J connectivity index is 0.000000811. The Labute approximate surface area is 104 Å². The van der Waals surface area contributed by atoms with E-state index in [-0.39, 0.29) is 7.43 Å². The molecule has 0 saturated carbocycles. The fraction of sp³-hybridized carbons (Fsp3) is 0.357. The van der Waals surface area contributed by atoms with Crippen molar-refractivity contribution in [3.05, 3.63) is 47.7 Å². The maximum absolute atomic E-state index is 5.47. The highest BCUT2D eigenvalue weighted by molar-refractivity contribution is 5.16. The number of benzene rings is 1. The summed E-state index contributed by atoms with van der Waals surface area (Å²) >= 11 is 0. The number of hydrogen-bond acceptors (Lipinski definition) is 2. The van der Waals surface area contributed by atoms with Gasteiger partial charge >= 0.3 is 0 Å². The summed E-state index contributed by atoms with van der Waals surface area (Å²) in [6.07, 6.45) is 0. The van der Waals surface area contributed by atoms with Crippen LogP contribution in [-0.2, 0) is 6.61 Å². The summed E-state index contributed by atoms with van der Waals surface area (Å²) < 4.78 is 5.47. The lowest BCUT2D eigenvalue weighted by Gasteiger charge is -2.01. The first kappa shape index (κ1) is 15.2. The second-order valence-electron chi connectivity index (χ2n) is 3.16. The van der Waals surface area contributed by atoms with Gasteiger partial charge in [-0.15, -0.1) is 5.10 Å². The molecule has 1 aromatic carbocycles. The number of aromatic amines is 1. The molecule has 0 aliphatic rings. The average molecular weight is 234 g/mol. The molecule has 2 aromatic rings. The quantitative estimate of drug-likeness (QED) is 0.873. The summed E-state index contributed by atoms with van der Waals surface area (Å²) in [6.45, 7) is 6.51. The summed E-state index contributed by atoms with van der Waals surface area (Å²) in [4.78, 5) is 0. The van der Waals surface area contributed by atoms with Crippen LogP contribution in [0.3, 0.4) is 0 Å². The molecule has 1 aromatic heterocycles. The molecule has 0 saturated heterocycles. The van der Waals surface area contributed by atoms with Crippen molar-refractivity contribution in [3.63, 3.8) is 0 Å². The largest absolute Gasteiger partial charge is 0.472 e. The third-order valence-corrected chi connectivity index (χ3v) is 1.91. The summed E-state index contributed by atoms with van der Waals surface area (Å²) in [5.74, 6) is 0.645. The Morgan fingerprint density at radius 1 is 1.18 bits per heavy atom. The van der Waals surface area contributed by atoms with E-state index in [9.17, 15) is 0 Å². The van der Waals surface area contributed by atoms with Gasteiger partial charge in [-0.05, 0) is 12.5 Å². The standard InChI is InChI=1S/C11H12N2O.C2H6.CH4/c1-9-7-11(13-12-9)14-8-10-5-3-2-4-6-10;1-2;/h2-7H,8H2,1H3,(H,12,13);1-2H3;1H4. The monoisotopic (exact) mass is 234 g/mol. The van der Waals surface area contributed by atoms with Crippen molar-refractivity contribution >= 4 is 0 Å². The van der Waals surface area contributed by atoms with Gasteiger partial charge in [0.2, 0.25) is 5.88 Å². The first-order valence-corrected chi connectivity index (χ1v) is 5.53. The summed E-state index contributed by atoms with van der Waals surface area (Å²) in [5, 5.41) is 6.81. The average Bonchev–Trinajstić information content (AvgIpc) is 2.77. The van der Waals surface area contributed by atoms with Crippen molar-refractivity contribution in [1.82, 2.24) is 10.2 Å². The molecular weight excluding hydrogens is 212 g/mol. The fourth-order valence-electron chi connectivity index (χ4n) is 1.20. The van der Waals surface area contributed by atoms with Crippen molar-refractivity contribution < 1.29 is 4.74 Å². The lowest BCUT2D eigenvalue weighted by atomic mass is 10.2. The van der Waals surface area contributed by atoms with E-state index in [4.69, 9.17) is 4.74 Å². The van der Waals surface area contributed by atoms with Crippen molar-refractivity contribution in [2.75, 3.05) is 0 Å². The van der Waals surface area contributed by atoms with Crippen LogP contribution in [0.2, 0.25) is 0 Å². The first-order valence-electron chi connectivity index (χ1n) is 5.53. The second-order valence-corrected chi connectivity index (χ2v) is 3.16. The van der Waals surface area contributed by atoms with E-state index in [2.05, 4.69) is 10.2 Å². The van der Waals surface area contributed by atoms with Crippen LogP contribution in [0, 0.1) is 6.92 Å². The van der Waals surface area contributed by atoms with Gasteiger partial charge in [-0.2, -0.15) is 0 Å². The van der Waals surface area contributed by atoms with Gasteiger partial charge in [-0.1, -0.05) is 51.6 Å². The van der Waals surface area contributed by atoms with Gasteiger partial charge in [0.25, 0.3) is 0 Å². The van der Waals surface area contributed by atoms with Gasteiger partial charge < -0.3 is 4.74 Å². The van der Waals surface area contributed by atoms with Crippen molar-refractivity contribution in [1.29, 1.82) is 0 Å². The molecule has 3 nitrogen and oxygen atoms in total. The minimum absolute atomic E-state index is 0. The summed E-state index contributed by atoms with van der Waals surface area (Å²) in [7, 11) is 0. The van der Waals surface area contributed by atoms with E-state index >= 15 is 0 Å². The fourth-order valence-corrected chi connectivity index (χ4v) is 1.20. The zero-order valence-corrected chi connectivity index (χ0v) is 10.0. The molecule has 3 heteroatoms. The molecule has 0 spiro atoms. The molecule has 0 unspecified atom stereocenters. The van der Waals surface area contributed by atoms with Crippen LogP contribution in [0.4, 0.5) is 0 Å². The van der Waals surface area contributed by atoms with Crippen LogP contribution in [0.25, 0.3) is 0 Å². The van der Waals surface area contributed by atoms with Crippen LogP contribution in [0.5, 0.6) is 5.88 Å². The van der Waals surface area contributed by atoms with Crippen molar-refractivity contribution in [2.24, 2.45) is 0 Å². The Hall–Kier alpha value is -1.77. The van der Waals surface area contributed by atoms with Crippen molar-refractivity contribution in [2.45, 2.75) is 34.8 Å². The molecule has 0 bridgehead atoms. The number of nitrogens with zero attached hydrogens (tertiary/aromatic N) is 1. The van der Waals surface area contributed by atoms with Gasteiger partial charge in [0.1, 0.15) is 6.61 Å². The molecule has 1 heterocycles. The molecule has 2 rings (SSSR count). The second kappa shape index (κ2) is 8.39. The number of H-pyrrole nitrogens is 1. The maximum Gasteiger partial charge on any atom is 0.233 e. The molecule has 0 fully saturated rings. The highest BCUT2D eigenvalue weighted by Crippen LogP contribution is 2.09. The van der Waals surface area contributed by atoms with E-state index < -0.39 is 0 Å². The number of nitrogens with one attached hydrogen (secondary N) is 1. The number of rotatable bonds is 3. The number of aromatic nitrogens is 2. The Morgan fingerprint density at radius 3 is 2.35 bits per heavy atom. The predicted molar refractivity (Wildman–Crippen MR) is 72.2 cm³/mol. The lowest BCUT2D eigenvalue weighted by molar-refractivity contribution is 0.293. The van der Waals surface area contributed by atoms with Gasteiger partial charge in [-0.3, -0.25) is 5.10 Å².